The molecule has 1 aliphatic carbocycles. The van der Waals surface area contributed by atoms with Crippen LogP contribution in [0, 0.1) is 0 Å². The van der Waals surface area contributed by atoms with Crippen LogP contribution in [0.3, 0.4) is 0 Å². The minimum absolute atomic E-state index is 0.000518. The van der Waals surface area contributed by atoms with Gasteiger partial charge in [-0.25, -0.2) is 4.79 Å². The van der Waals surface area contributed by atoms with E-state index in [2.05, 4.69) is 5.32 Å². The van der Waals surface area contributed by atoms with Gasteiger partial charge in [0.05, 0.1) is 18.1 Å². The summed E-state index contributed by atoms with van der Waals surface area (Å²) in [6, 6.07) is 11.6. The van der Waals surface area contributed by atoms with Crippen molar-refractivity contribution in [3.05, 3.63) is 79.8 Å². The zero-order valence-electron chi connectivity index (χ0n) is 17.4. The predicted octanol–water partition coefficient (Wildman–Crippen LogP) is 4.95. The quantitative estimate of drug-likeness (QED) is 0.491. The molecule has 0 amide bonds. The lowest BCUT2D eigenvalue weighted by molar-refractivity contribution is -0.140. The fourth-order valence-corrected chi connectivity index (χ4v) is 5.50. The predicted molar refractivity (Wildman–Crippen MR) is 121 cm³/mol. The molecule has 2 aromatic rings. The van der Waals surface area contributed by atoms with Gasteiger partial charge in [0.2, 0.25) is 0 Å². The molecule has 2 aliphatic rings. The molecule has 31 heavy (non-hydrogen) atoms. The average Bonchev–Trinajstić information content (AvgIpc) is 3.27. The van der Waals surface area contributed by atoms with Crippen molar-refractivity contribution in [2.24, 2.45) is 0 Å². The van der Waals surface area contributed by atoms with Gasteiger partial charge in [-0.1, -0.05) is 35.9 Å². The highest BCUT2D eigenvalue weighted by molar-refractivity contribution is 7.10. The van der Waals surface area contributed by atoms with Crippen LogP contribution in [-0.2, 0) is 19.1 Å². The summed E-state index contributed by atoms with van der Waals surface area (Å²) in [7, 11) is 1.56. The second-order valence-corrected chi connectivity index (χ2v) is 9.07. The maximum atomic E-state index is 13.4. The van der Waals surface area contributed by atoms with Gasteiger partial charge in [0.1, 0.15) is 6.61 Å². The van der Waals surface area contributed by atoms with Crippen LogP contribution in [0.1, 0.15) is 42.0 Å². The van der Waals surface area contributed by atoms with Crippen LogP contribution >= 0.6 is 22.9 Å². The van der Waals surface area contributed by atoms with E-state index in [4.69, 9.17) is 21.1 Å². The first-order valence-corrected chi connectivity index (χ1v) is 11.4. The fourth-order valence-electron chi connectivity index (χ4n) is 4.37. The second-order valence-electron chi connectivity index (χ2n) is 7.68. The molecule has 1 N–H and O–H groups in total. The van der Waals surface area contributed by atoms with E-state index in [1.165, 1.54) is 11.3 Å². The van der Waals surface area contributed by atoms with E-state index in [-0.39, 0.29) is 18.3 Å². The van der Waals surface area contributed by atoms with Crippen LogP contribution in [0.15, 0.2) is 64.3 Å². The normalized spacial score (nSPS) is 21.1. The van der Waals surface area contributed by atoms with E-state index in [0.29, 0.717) is 41.3 Å². The molecular formula is C24H24ClNO4S. The van der Waals surface area contributed by atoms with E-state index in [9.17, 15) is 9.59 Å². The lowest BCUT2D eigenvalue weighted by Crippen LogP contribution is -2.36. The van der Waals surface area contributed by atoms with Crippen molar-refractivity contribution in [2.45, 2.75) is 31.6 Å². The van der Waals surface area contributed by atoms with Crippen molar-refractivity contribution in [3.63, 3.8) is 0 Å². The number of carbonyl (C=O) groups excluding carboxylic acids is 2. The van der Waals surface area contributed by atoms with Gasteiger partial charge in [-0.3, -0.25) is 4.79 Å². The Kier molecular flexibility index (Phi) is 6.60. The van der Waals surface area contributed by atoms with Gasteiger partial charge in [0, 0.05) is 40.4 Å². The SMILES string of the molecule is COCCOC(=O)C1=C(C)NC2=C(C(=O)C[C@H](c3ccccc3Cl)C2)[C@H]1c1cccs1. The summed E-state index contributed by atoms with van der Waals surface area (Å²) < 4.78 is 10.4. The molecule has 4 rings (SSSR count). The number of rotatable bonds is 6. The van der Waals surface area contributed by atoms with Gasteiger partial charge in [-0.2, -0.15) is 0 Å². The van der Waals surface area contributed by atoms with E-state index in [1.54, 1.807) is 7.11 Å². The molecule has 0 radical (unpaired) electrons. The minimum atomic E-state index is -0.425. The Hall–Kier alpha value is -2.41. The number of hydrogen-bond acceptors (Lipinski definition) is 6. The Labute approximate surface area is 190 Å². The molecule has 1 aliphatic heterocycles. The zero-order valence-corrected chi connectivity index (χ0v) is 19.0. The number of allylic oxidation sites excluding steroid dienone is 3. The molecule has 7 heteroatoms. The number of hydrogen-bond donors (Lipinski definition) is 1. The van der Waals surface area contributed by atoms with Gasteiger partial charge in [-0.05, 0) is 42.3 Å². The molecule has 0 saturated heterocycles. The topological polar surface area (TPSA) is 64.6 Å². The highest BCUT2D eigenvalue weighted by atomic mass is 35.5. The van der Waals surface area contributed by atoms with E-state index < -0.39 is 11.9 Å². The van der Waals surface area contributed by atoms with Crippen molar-refractivity contribution in [1.82, 2.24) is 5.32 Å². The monoisotopic (exact) mass is 457 g/mol. The van der Waals surface area contributed by atoms with Crippen molar-refractivity contribution in [2.75, 3.05) is 20.3 Å². The number of ether oxygens (including phenoxy) is 2. The van der Waals surface area contributed by atoms with Crippen molar-refractivity contribution >= 4 is 34.7 Å². The number of ketones is 1. The van der Waals surface area contributed by atoms with E-state index in [0.717, 1.165) is 16.1 Å². The molecule has 162 valence electrons. The Morgan fingerprint density at radius 1 is 1.19 bits per heavy atom. The molecular weight excluding hydrogens is 434 g/mol. The molecule has 0 saturated carbocycles. The maximum Gasteiger partial charge on any atom is 0.336 e. The number of dihydropyridines is 1. The minimum Gasteiger partial charge on any atom is -0.460 e. The van der Waals surface area contributed by atoms with Gasteiger partial charge in [0.25, 0.3) is 0 Å². The summed E-state index contributed by atoms with van der Waals surface area (Å²) in [5.74, 6) is -0.815. The summed E-state index contributed by atoms with van der Waals surface area (Å²) in [5.41, 5.74) is 3.71. The molecule has 1 aromatic heterocycles. The van der Waals surface area contributed by atoms with E-state index >= 15 is 0 Å². The standard InChI is InChI=1S/C24H24ClNO4S/c1-14-21(24(28)30-10-9-29-2)23(20-8-5-11-31-20)22-18(26-14)12-15(13-19(22)27)16-6-3-4-7-17(16)25/h3-8,11,15,23,26H,9-10,12-13H2,1-2H3/t15-,23+/m1/s1. The molecule has 0 bridgehead atoms. The Bertz CT molecular complexity index is 1060. The van der Waals surface area contributed by atoms with Gasteiger partial charge in [-0.15, -0.1) is 11.3 Å². The van der Waals surface area contributed by atoms with Gasteiger partial charge >= 0.3 is 5.97 Å². The molecule has 2 heterocycles. The third-order valence-corrected chi connectivity index (χ3v) is 7.02. The molecule has 5 nitrogen and oxygen atoms in total. The Balaban J connectivity index is 1.72. The summed E-state index contributed by atoms with van der Waals surface area (Å²) in [6.45, 7) is 2.35. The number of methoxy groups -OCH3 is 1. The first-order valence-electron chi connectivity index (χ1n) is 10.2. The number of halogens is 1. The second kappa shape index (κ2) is 9.39. The lowest BCUT2D eigenvalue weighted by Gasteiger charge is -2.36. The summed E-state index contributed by atoms with van der Waals surface area (Å²) in [6.07, 6.45) is 1.02. The fraction of sp³-hybridized carbons (Fsp3) is 0.333. The van der Waals surface area contributed by atoms with Crippen LogP contribution in [-0.4, -0.2) is 32.1 Å². The molecule has 0 spiro atoms. The lowest BCUT2D eigenvalue weighted by atomic mass is 9.73. The third kappa shape index (κ3) is 4.33. The summed E-state index contributed by atoms with van der Waals surface area (Å²) in [5, 5.41) is 5.98. The maximum absolute atomic E-state index is 13.4. The van der Waals surface area contributed by atoms with Crippen molar-refractivity contribution in [3.8, 4) is 0 Å². The number of Topliss-reactive ketones (excluding diaryl/α,β-unsaturated/α-hetero) is 1. The molecule has 1 aromatic carbocycles. The van der Waals surface area contributed by atoms with Crippen LogP contribution in [0.2, 0.25) is 5.02 Å². The number of carbonyl (C=O) groups is 2. The van der Waals surface area contributed by atoms with Crippen molar-refractivity contribution < 1.29 is 19.1 Å². The van der Waals surface area contributed by atoms with Crippen LogP contribution < -0.4 is 5.32 Å². The van der Waals surface area contributed by atoms with Gasteiger partial charge in [0.15, 0.2) is 5.78 Å². The largest absolute Gasteiger partial charge is 0.460 e. The first kappa shape index (κ1) is 21.8. The Morgan fingerprint density at radius 3 is 2.71 bits per heavy atom. The van der Waals surface area contributed by atoms with Crippen LogP contribution in [0.5, 0.6) is 0 Å². The molecule has 2 atom stereocenters. The number of esters is 1. The molecule has 0 fully saturated rings. The third-order valence-electron chi connectivity index (χ3n) is 5.74. The van der Waals surface area contributed by atoms with Crippen LogP contribution in [0.25, 0.3) is 0 Å². The number of benzene rings is 1. The summed E-state index contributed by atoms with van der Waals surface area (Å²) in [4.78, 5) is 27.4. The highest BCUT2D eigenvalue weighted by Crippen LogP contribution is 2.47. The number of nitrogens with one attached hydrogen (secondary N) is 1. The smallest absolute Gasteiger partial charge is 0.336 e. The van der Waals surface area contributed by atoms with E-state index in [1.807, 2.05) is 48.7 Å². The first-order chi connectivity index (χ1) is 15.0. The Morgan fingerprint density at radius 2 is 2.00 bits per heavy atom. The summed E-state index contributed by atoms with van der Waals surface area (Å²) >= 11 is 7.95. The van der Waals surface area contributed by atoms with Crippen molar-refractivity contribution in [1.29, 1.82) is 0 Å². The van der Waals surface area contributed by atoms with Gasteiger partial charge < -0.3 is 14.8 Å². The average molecular weight is 458 g/mol. The zero-order chi connectivity index (χ0) is 22.0. The number of thiophene rings is 1. The molecule has 0 unspecified atom stereocenters. The highest BCUT2D eigenvalue weighted by Gasteiger charge is 2.42. The van der Waals surface area contributed by atoms with Crippen LogP contribution in [0.4, 0.5) is 0 Å².